The van der Waals surface area contributed by atoms with Gasteiger partial charge in [0.15, 0.2) is 0 Å². The fraction of sp³-hybridized carbons (Fsp3) is 0.900. The molecule has 0 saturated carbocycles. The minimum absolute atomic E-state index is 0.143. The molecular formula is C10H17NO4S. The summed E-state index contributed by atoms with van der Waals surface area (Å²) in [7, 11) is -1.43. The van der Waals surface area contributed by atoms with Gasteiger partial charge >= 0.3 is 5.97 Å². The number of carbonyl (C=O) groups excluding carboxylic acids is 1. The molecule has 2 fully saturated rings. The van der Waals surface area contributed by atoms with Gasteiger partial charge in [-0.2, -0.15) is 0 Å². The molecule has 0 radical (unpaired) electrons. The molecule has 2 rings (SSSR count). The van der Waals surface area contributed by atoms with E-state index in [1.807, 2.05) is 0 Å². The summed E-state index contributed by atoms with van der Waals surface area (Å²) < 4.78 is 27.3. The summed E-state index contributed by atoms with van der Waals surface area (Å²) in [6.45, 7) is 0.879. The quantitative estimate of drug-likeness (QED) is 0.633. The van der Waals surface area contributed by atoms with Crippen molar-refractivity contribution in [2.75, 3.05) is 25.2 Å². The Kier molecular flexibility index (Phi) is 3.21. The van der Waals surface area contributed by atoms with Gasteiger partial charge in [0.2, 0.25) is 0 Å². The monoisotopic (exact) mass is 247 g/mol. The molecule has 1 atom stereocenters. The van der Waals surface area contributed by atoms with E-state index in [1.165, 1.54) is 7.11 Å². The van der Waals surface area contributed by atoms with E-state index < -0.39 is 9.84 Å². The number of nitrogens with zero attached hydrogens (tertiary/aromatic N) is 1. The zero-order valence-corrected chi connectivity index (χ0v) is 10.2. The van der Waals surface area contributed by atoms with Crippen LogP contribution in [0.25, 0.3) is 0 Å². The van der Waals surface area contributed by atoms with E-state index >= 15 is 0 Å². The lowest BCUT2D eigenvalue weighted by Crippen LogP contribution is -2.58. The number of esters is 1. The molecule has 2 aliphatic rings. The van der Waals surface area contributed by atoms with Gasteiger partial charge in [-0.1, -0.05) is 0 Å². The number of carbonyl (C=O) groups is 1. The molecule has 5 nitrogen and oxygen atoms in total. The normalized spacial score (nSPS) is 30.7. The maximum absolute atomic E-state index is 11.4. The Morgan fingerprint density at radius 2 is 1.88 bits per heavy atom. The highest BCUT2D eigenvalue weighted by Crippen LogP contribution is 2.28. The van der Waals surface area contributed by atoms with Crippen molar-refractivity contribution in [2.45, 2.75) is 31.3 Å². The van der Waals surface area contributed by atoms with Crippen LogP contribution >= 0.6 is 0 Å². The van der Waals surface area contributed by atoms with E-state index in [1.54, 1.807) is 0 Å². The summed E-state index contributed by atoms with van der Waals surface area (Å²) in [4.78, 5) is 13.5. The van der Waals surface area contributed by atoms with E-state index in [0.29, 0.717) is 12.8 Å². The summed E-state index contributed by atoms with van der Waals surface area (Å²) in [5, 5.41) is 0. The minimum atomic E-state index is -2.82. The maximum atomic E-state index is 11.4. The molecule has 0 bridgehead atoms. The van der Waals surface area contributed by atoms with Gasteiger partial charge in [-0.25, -0.2) is 8.42 Å². The van der Waals surface area contributed by atoms with Crippen molar-refractivity contribution in [3.63, 3.8) is 0 Å². The third-order valence-corrected chi connectivity index (χ3v) is 5.24. The minimum Gasteiger partial charge on any atom is -0.468 e. The van der Waals surface area contributed by atoms with Gasteiger partial charge in [-0.3, -0.25) is 9.69 Å². The number of hydrogen-bond acceptors (Lipinski definition) is 5. The van der Waals surface area contributed by atoms with Crippen molar-refractivity contribution in [1.82, 2.24) is 4.90 Å². The molecule has 0 aliphatic carbocycles. The standard InChI is InChI=1S/C10H17NO4S/c1-15-10(12)9-2-5-11(9)8-3-6-16(13,14)7-4-8/h8-9H,2-7H2,1H3. The van der Waals surface area contributed by atoms with E-state index in [9.17, 15) is 13.2 Å². The van der Waals surface area contributed by atoms with Crippen LogP contribution in [-0.4, -0.2) is 56.5 Å². The Hall–Kier alpha value is -0.620. The van der Waals surface area contributed by atoms with Gasteiger partial charge in [-0.15, -0.1) is 0 Å². The summed E-state index contributed by atoms with van der Waals surface area (Å²) in [5.74, 6) is 0.309. The van der Waals surface area contributed by atoms with Crippen molar-refractivity contribution >= 4 is 15.8 Å². The molecule has 0 amide bonds. The molecule has 92 valence electrons. The highest BCUT2D eigenvalue weighted by molar-refractivity contribution is 7.91. The smallest absolute Gasteiger partial charge is 0.323 e. The fourth-order valence-corrected chi connectivity index (χ4v) is 3.91. The van der Waals surface area contributed by atoms with Gasteiger partial charge in [0, 0.05) is 12.6 Å². The third kappa shape index (κ3) is 2.22. The molecule has 2 heterocycles. The van der Waals surface area contributed by atoms with Crippen LogP contribution in [-0.2, 0) is 19.4 Å². The molecular weight excluding hydrogens is 230 g/mol. The second kappa shape index (κ2) is 4.33. The molecule has 2 aliphatic heterocycles. The number of sulfone groups is 1. The predicted molar refractivity (Wildman–Crippen MR) is 58.8 cm³/mol. The van der Waals surface area contributed by atoms with E-state index in [2.05, 4.69) is 4.90 Å². The number of ether oxygens (including phenoxy) is 1. The second-order valence-electron chi connectivity index (χ2n) is 4.45. The lowest BCUT2D eigenvalue weighted by atomic mass is 9.97. The van der Waals surface area contributed by atoms with Crippen molar-refractivity contribution in [1.29, 1.82) is 0 Å². The lowest BCUT2D eigenvalue weighted by molar-refractivity contribution is -0.154. The SMILES string of the molecule is COC(=O)C1CCN1C1CCS(=O)(=O)CC1. The van der Waals surface area contributed by atoms with Gasteiger partial charge in [0.1, 0.15) is 15.9 Å². The first-order valence-corrected chi connectivity index (χ1v) is 7.39. The third-order valence-electron chi connectivity index (χ3n) is 3.53. The average Bonchev–Trinajstić information content (AvgIpc) is 2.19. The highest BCUT2D eigenvalue weighted by Gasteiger charge is 2.41. The average molecular weight is 247 g/mol. The van der Waals surface area contributed by atoms with E-state index in [0.717, 1.165) is 13.0 Å². The number of likely N-dealkylation sites (tertiary alicyclic amines) is 1. The first-order valence-electron chi connectivity index (χ1n) is 5.57. The predicted octanol–water partition coefficient (Wildman–Crippen LogP) is -0.189. The van der Waals surface area contributed by atoms with Gasteiger partial charge < -0.3 is 4.74 Å². The Balaban J connectivity index is 1.93. The number of methoxy groups -OCH3 is 1. The molecule has 1 unspecified atom stereocenters. The summed E-state index contributed by atoms with van der Waals surface area (Å²) in [5.41, 5.74) is 0. The largest absolute Gasteiger partial charge is 0.468 e. The van der Waals surface area contributed by atoms with Gasteiger partial charge in [-0.05, 0) is 19.3 Å². The fourth-order valence-electron chi connectivity index (χ4n) is 2.44. The zero-order valence-electron chi connectivity index (χ0n) is 9.39. The Morgan fingerprint density at radius 1 is 1.25 bits per heavy atom. The topological polar surface area (TPSA) is 63.7 Å². The molecule has 0 N–H and O–H groups in total. The lowest BCUT2D eigenvalue weighted by Gasteiger charge is -2.45. The Morgan fingerprint density at radius 3 is 2.31 bits per heavy atom. The molecule has 6 heteroatoms. The molecule has 2 saturated heterocycles. The van der Waals surface area contributed by atoms with Crippen LogP contribution in [0.15, 0.2) is 0 Å². The van der Waals surface area contributed by atoms with E-state index in [4.69, 9.17) is 4.74 Å². The number of hydrogen-bond donors (Lipinski definition) is 0. The van der Waals surface area contributed by atoms with Crippen LogP contribution < -0.4 is 0 Å². The molecule has 0 aromatic rings. The summed E-state index contributed by atoms with van der Waals surface area (Å²) >= 11 is 0. The van der Waals surface area contributed by atoms with Crippen molar-refractivity contribution in [2.24, 2.45) is 0 Å². The molecule has 16 heavy (non-hydrogen) atoms. The zero-order chi connectivity index (χ0) is 11.8. The first-order chi connectivity index (χ1) is 7.53. The summed E-state index contributed by atoms with van der Waals surface area (Å²) in [6.07, 6.45) is 2.13. The Bertz CT molecular complexity index is 364. The molecule has 0 spiro atoms. The van der Waals surface area contributed by atoms with E-state index in [-0.39, 0.29) is 29.6 Å². The van der Waals surface area contributed by atoms with Crippen molar-refractivity contribution in [3.8, 4) is 0 Å². The van der Waals surface area contributed by atoms with Gasteiger partial charge in [0.05, 0.1) is 18.6 Å². The van der Waals surface area contributed by atoms with Crippen LogP contribution in [0.4, 0.5) is 0 Å². The van der Waals surface area contributed by atoms with Crippen LogP contribution in [0.2, 0.25) is 0 Å². The maximum Gasteiger partial charge on any atom is 0.323 e. The van der Waals surface area contributed by atoms with Crippen LogP contribution in [0.1, 0.15) is 19.3 Å². The van der Waals surface area contributed by atoms with Crippen LogP contribution in [0, 0.1) is 0 Å². The second-order valence-corrected chi connectivity index (χ2v) is 6.75. The Labute approximate surface area is 95.7 Å². The van der Waals surface area contributed by atoms with Crippen molar-refractivity contribution in [3.05, 3.63) is 0 Å². The molecule has 0 aromatic carbocycles. The van der Waals surface area contributed by atoms with Crippen LogP contribution in [0.3, 0.4) is 0 Å². The highest BCUT2D eigenvalue weighted by atomic mass is 32.2. The first kappa shape index (κ1) is 11.9. The molecule has 0 aromatic heterocycles. The summed E-state index contributed by atoms with van der Waals surface area (Å²) in [6, 6.07) is 0.0946. The number of rotatable bonds is 2. The van der Waals surface area contributed by atoms with Crippen molar-refractivity contribution < 1.29 is 17.9 Å². The van der Waals surface area contributed by atoms with Crippen LogP contribution in [0.5, 0.6) is 0 Å². The van der Waals surface area contributed by atoms with Gasteiger partial charge in [0.25, 0.3) is 0 Å².